The summed E-state index contributed by atoms with van der Waals surface area (Å²) in [4.78, 5) is 45.7. The minimum Gasteiger partial charge on any atom is -0.465 e. The molecule has 0 aromatic rings. The summed E-state index contributed by atoms with van der Waals surface area (Å²) < 4.78 is 26.4. The molecule has 2 aliphatic rings. The predicted octanol–water partition coefficient (Wildman–Crippen LogP) is -0.767. The van der Waals surface area contributed by atoms with E-state index in [1.165, 1.54) is 27.7 Å². The van der Waals surface area contributed by atoms with Crippen molar-refractivity contribution in [1.29, 1.82) is 0 Å². The molecule has 10 nitrogen and oxygen atoms in total. The SMILES string of the molecule is CC(=O)OCC1C(OC(C)=O)C(OC(C)=O)C2C(N)OC12OC(C)=O. The molecule has 1 saturated carbocycles. The molecule has 0 radical (unpaired) electrons. The lowest BCUT2D eigenvalue weighted by molar-refractivity contribution is -0.379. The Morgan fingerprint density at radius 3 is 1.92 bits per heavy atom. The van der Waals surface area contributed by atoms with Gasteiger partial charge in [-0.2, -0.15) is 0 Å². The van der Waals surface area contributed by atoms with Gasteiger partial charge in [-0.05, 0) is 0 Å². The van der Waals surface area contributed by atoms with Crippen LogP contribution in [0.2, 0.25) is 0 Å². The third-order valence-electron chi connectivity index (χ3n) is 4.10. The highest BCUT2D eigenvalue weighted by Gasteiger charge is 2.75. The van der Waals surface area contributed by atoms with E-state index in [0.717, 1.165) is 0 Å². The summed E-state index contributed by atoms with van der Waals surface area (Å²) in [6.07, 6.45) is -2.98. The van der Waals surface area contributed by atoms with Crippen LogP contribution in [0.25, 0.3) is 0 Å². The Bertz CT molecular complexity index is 592. The third-order valence-corrected chi connectivity index (χ3v) is 4.10. The molecule has 6 unspecified atom stereocenters. The van der Waals surface area contributed by atoms with Gasteiger partial charge in [0.1, 0.15) is 24.7 Å². The first kappa shape index (κ1) is 19.1. The van der Waals surface area contributed by atoms with Crippen LogP contribution in [0.4, 0.5) is 0 Å². The lowest BCUT2D eigenvalue weighted by Crippen LogP contribution is -2.68. The maximum atomic E-state index is 11.6. The minimum absolute atomic E-state index is 0.276. The van der Waals surface area contributed by atoms with E-state index in [2.05, 4.69) is 0 Å². The first-order valence-electron chi connectivity index (χ1n) is 7.69. The average molecular weight is 359 g/mol. The number of carbonyl (C=O) groups is 4. The van der Waals surface area contributed by atoms with Gasteiger partial charge in [-0.1, -0.05) is 0 Å². The molecular weight excluding hydrogens is 338 g/mol. The number of hydrogen-bond donors (Lipinski definition) is 1. The summed E-state index contributed by atoms with van der Waals surface area (Å²) in [7, 11) is 0. The predicted molar refractivity (Wildman–Crippen MR) is 78.3 cm³/mol. The van der Waals surface area contributed by atoms with Crippen LogP contribution in [0.15, 0.2) is 0 Å². The second-order valence-electron chi connectivity index (χ2n) is 5.98. The molecule has 25 heavy (non-hydrogen) atoms. The van der Waals surface area contributed by atoms with Crippen molar-refractivity contribution in [1.82, 2.24) is 0 Å². The zero-order chi connectivity index (χ0) is 18.9. The van der Waals surface area contributed by atoms with Crippen molar-refractivity contribution in [2.75, 3.05) is 6.61 Å². The first-order valence-corrected chi connectivity index (χ1v) is 7.69. The van der Waals surface area contributed by atoms with E-state index >= 15 is 0 Å². The molecule has 1 heterocycles. The summed E-state index contributed by atoms with van der Waals surface area (Å²) in [5.41, 5.74) is 5.85. The van der Waals surface area contributed by atoms with Crippen LogP contribution < -0.4 is 5.73 Å². The van der Waals surface area contributed by atoms with Gasteiger partial charge in [0.05, 0.1) is 0 Å². The fourth-order valence-corrected chi connectivity index (χ4v) is 3.42. The zero-order valence-corrected chi connectivity index (χ0v) is 14.3. The number of esters is 4. The molecule has 10 heteroatoms. The van der Waals surface area contributed by atoms with Crippen molar-refractivity contribution < 1.29 is 42.9 Å². The first-order chi connectivity index (χ1) is 11.6. The van der Waals surface area contributed by atoms with Crippen molar-refractivity contribution in [2.24, 2.45) is 17.6 Å². The second kappa shape index (κ2) is 6.96. The van der Waals surface area contributed by atoms with Gasteiger partial charge in [0.2, 0.25) is 5.79 Å². The summed E-state index contributed by atoms with van der Waals surface area (Å²) in [5.74, 6) is -5.83. The number of nitrogens with two attached hydrogens (primary N) is 1. The molecule has 2 N–H and O–H groups in total. The minimum atomic E-state index is -1.61. The topological polar surface area (TPSA) is 140 Å². The van der Waals surface area contributed by atoms with E-state index in [0.29, 0.717) is 0 Å². The highest BCUT2D eigenvalue weighted by molar-refractivity contribution is 5.69. The van der Waals surface area contributed by atoms with Crippen molar-refractivity contribution in [3.05, 3.63) is 0 Å². The number of rotatable bonds is 5. The smallest absolute Gasteiger partial charge is 0.305 e. The average Bonchev–Trinajstić information content (AvgIpc) is 2.59. The number of ether oxygens (including phenoxy) is 5. The van der Waals surface area contributed by atoms with Crippen LogP contribution in [0.5, 0.6) is 0 Å². The normalized spacial score (nSPS) is 35.8. The quantitative estimate of drug-likeness (QED) is 0.491. The van der Waals surface area contributed by atoms with E-state index < -0.39 is 59.9 Å². The monoisotopic (exact) mass is 359 g/mol. The van der Waals surface area contributed by atoms with Crippen LogP contribution in [0.3, 0.4) is 0 Å². The van der Waals surface area contributed by atoms with Crippen molar-refractivity contribution in [3.63, 3.8) is 0 Å². The Morgan fingerprint density at radius 1 is 0.920 bits per heavy atom. The van der Waals surface area contributed by atoms with Gasteiger partial charge >= 0.3 is 23.9 Å². The summed E-state index contributed by atoms with van der Waals surface area (Å²) in [6, 6.07) is 0. The highest BCUT2D eigenvalue weighted by atomic mass is 16.8. The van der Waals surface area contributed by atoms with Crippen molar-refractivity contribution >= 4 is 23.9 Å². The number of fused-ring (bicyclic) bond motifs is 1. The molecule has 0 aromatic heterocycles. The molecule has 1 aliphatic heterocycles. The molecule has 2 rings (SSSR count). The van der Waals surface area contributed by atoms with Gasteiger partial charge in [0.25, 0.3) is 0 Å². The van der Waals surface area contributed by atoms with Crippen LogP contribution in [-0.4, -0.2) is 54.7 Å². The summed E-state index contributed by atoms with van der Waals surface area (Å²) in [6.45, 7) is 4.45. The summed E-state index contributed by atoms with van der Waals surface area (Å²) >= 11 is 0. The van der Waals surface area contributed by atoms with Gasteiger partial charge < -0.3 is 29.4 Å². The molecule has 1 saturated heterocycles. The maximum absolute atomic E-state index is 11.6. The second-order valence-corrected chi connectivity index (χ2v) is 5.98. The van der Waals surface area contributed by atoms with E-state index in [1.807, 2.05) is 0 Å². The molecule has 0 bridgehead atoms. The van der Waals surface area contributed by atoms with Gasteiger partial charge in [-0.3, -0.25) is 19.2 Å². The van der Waals surface area contributed by atoms with Crippen molar-refractivity contribution in [2.45, 2.75) is 51.9 Å². The fourth-order valence-electron chi connectivity index (χ4n) is 3.42. The molecule has 6 atom stereocenters. The highest BCUT2D eigenvalue weighted by Crippen LogP contribution is 2.55. The van der Waals surface area contributed by atoms with Gasteiger partial charge in [-0.15, -0.1) is 0 Å². The van der Waals surface area contributed by atoms with Gasteiger partial charge in [0.15, 0.2) is 12.2 Å². The largest absolute Gasteiger partial charge is 0.465 e. The summed E-state index contributed by atoms with van der Waals surface area (Å²) in [5, 5.41) is 0. The lowest BCUT2D eigenvalue weighted by atomic mass is 9.88. The van der Waals surface area contributed by atoms with Crippen LogP contribution in [-0.2, 0) is 42.9 Å². The van der Waals surface area contributed by atoms with Crippen LogP contribution in [0.1, 0.15) is 27.7 Å². The molecular formula is C15H21NO9. The zero-order valence-electron chi connectivity index (χ0n) is 14.3. The van der Waals surface area contributed by atoms with E-state index in [1.54, 1.807) is 0 Å². The molecule has 140 valence electrons. The van der Waals surface area contributed by atoms with E-state index in [9.17, 15) is 19.2 Å². The standard InChI is InChI=1S/C15H21NO9/c1-6(17)21-5-10-12(22-7(2)18)13(23-8(3)19)11-14(16)25-15(10,11)24-9(4)20/h10-14H,5,16H2,1-4H3. The Hall–Kier alpha value is -2.20. The maximum Gasteiger partial charge on any atom is 0.305 e. The van der Waals surface area contributed by atoms with Gasteiger partial charge in [0, 0.05) is 27.7 Å². The van der Waals surface area contributed by atoms with Gasteiger partial charge in [-0.25, -0.2) is 0 Å². The Labute approximate surface area is 143 Å². The Morgan fingerprint density at radius 2 is 1.48 bits per heavy atom. The molecule has 0 aromatic carbocycles. The molecule has 0 spiro atoms. The molecule has 0 amide bonds. The fraction of sp³-hybridized carbons (Fsp3) is 0.733. The van der Waals surface area contributed by atoms with Crippen LogP contribution >= 0.6 is 0 Å². The van der Waals surface area contributed by atoms with Crippen molar-refractivity contribution in [3.8, 4) is 0 Å². The third kappa shape index (κ3) is 3.59. The molecule has 2 fully saturated rings. The van der Waals surface area contributed by atoms with Crippen LogP contribution in [0, 0.1) is 11.8 Å². The number of carbonyl (C=O) groups excluding carboxylic acids is 4. The Kier molecular flexibility index (Phi) is 5.33. The Balaban J connectivity index is 2.42. The molecule has 1 aliphatic carbocycles. The lowest BCUT2D eigenvalue weighted by Gasteiger charge is -2.50. The number of hydrogen-bond acceptors (Lipinski definition) is 10. The van der Waals surface area contributed by atoms with E-state index in [-0.39, 0.29) is 6.61 Å². The van der Waals surface area contributed by atoms with E-state index in [4.69, 9.17) is 29.4 Å².